The number of fused-ring (bicyclic) bond motifs is 1. The molecule has 0 amide bonds. The first-order valence-electron chi connectivity index (χ1n) is 7.88. The molecule has 0 aliphatic heterocycles. The average Bonchev–Trinajstić information content (AvgIpc) is 2.91. The molecule has 3 aromatic rings. The van der Waals surface area contributed by atoms with Crippen LogP contribution in [0.25, 0.3) is 5.65 Å². The van der Waals surface area contributed by atoms with Crippen LogP contribution in [0.2, 0.25) is 5.02 Å². The second kappa shape index (κ2) is 7.44. The predicted octanol–water partition coefficient (Wildman–Crippen LogP) is 4.82. The Morgan fingerprint density at radius 2 is 2.04 bits per heavy atom. The van der Waals surface area contributed by atoms with Crippen LogP contribution in [0.1, 0.15) is 18.2 Å². The number of hydrogen-bond donors (Lipinski definition) is 0. The molecule has 6 nitrogen and oxygen atoms in total. The van der Waals surface area contributed by atoms with Gasteiger partial charge in [0.2, 0.25) is 0 Å². The van der Waals surface area contributed by atoms with Gasteiger partial charge < -0.3 is 4.74 Å². The number of imidazole rings is 1. The predicted molar refractivity (Wildman–Crippen MR) is 95.9 cm³/mol. The second-order valence-corrected chi connectivity index (χ2v) is 5.86. The first-order chi connectivity index (χ1) is 12.1. The van der Waals surface area contributed by atoms with Gasteiger partial charge in [0.25, 0.3) is 0 Å². The van der Waals surface area contributed by atoms with Crippen LogP contribution in [0, 0.1) is 6.92 Å². The van der Waals surface area contributed by atoms with Crippen molar-refractivity contribution in [2.75, 3.05) is 6.61 Å². The molecule has 3 rings (SSSR count). The van der Waals surface area contributed by atoms with Gasteiger partial charge in [0.15, 0.2) is 5.82 Å². The van der Waals surface area contributed by atoms with Crippen LogP contribution in [-0.2, 0) is 16.0 Å². The van der Waals surface area contributed by atoms with Gasteiger partial charge in [-0.1, -0.05) is 29.8 Å². The number of rotatable bonds is 5. The summed E-state index contributed by atoms with van der Waals surface area (Å²) < 4.78 is 6.74. The lowest BCUT2D eigenvalue weighted by Gasteiger charge is -2.01. The number of nitrogens with zero attached hydrogens (tertiary/aromatic N) is 4. The summed E-state index contributed by atoms with van der Waals surface area (Å²) in [4.78, 5) is 16.3. The maximum absolute atomic E-state index is 11.9. The van der Waals surface area contributed by atoms with Crippen molar-refractivity contribution in [1.82, 2.24) is 9.38 Å². The van der Waals surface area contributed by atoms with E-state index < -0.39 is 0 Å². The van der Waals surface area contributed by atoms with Gasteiger partial charge in [0.05, 0.1) is 29.4 Å². The molecule has 0 aliphatic carbocycles. The van der Waals surface area contributed by atoms with Crippen LogP contribution in [-0.4, -0.2) is 22.0 Å². The summed E-state index contributed by atoms with van der Waals surface area (Å²) in [6.45, 7) is 4.04. The zero-order chi connectivity index (χ0) is 17.8. The van der Waals surface area contributed by atoms with E-state index in [1.807, 2.05) is 31.2 Å². The van der Waals surface area contributed by atoms with Crippen LogP contribution in [0.5, 0.6) is 0 Å². The molecule has 0 fully saturated rings. The first kappa shape index (κ1) is 17.1. The Hall–Kier alpha value is -2.73. The van der Waals surface area contributed by atoms with E-state index in [2.05, 4.69) is 15.2 Å². The Balaban J connectivity index is 2.05. The number of azo groups is 1. The Morgan fingerprint density at radius 3 is 2.80 bits per heavy atom. The quantitative estimate of drug-likeness (QED) is 0.486. The molecule has 2 aromatic heterocycles. The van der Waals surface area contributed by atoms with Crippen molar-refractivity contribution in [3.8, 4) is 0 Å². The fraction of sp³-hybridized carbons (Fsp3) is 0.222. The van der Waals surface area contributed by atoms with Crippen molar-refractivity contribution in [3.63, 3.8) is 0 Å². The molecule has 0 saturated carbocycles. The van der Waals surface area contributed by atoms with Gasteiger partial charge >= 0.3 is 5.97 Å². The van der Waals surface area contributed by atoms with Crippen LogP contribution in [0.3, 0.4) is 0 Å². The fourth-order valence-electron chi connectivity index (χ4n) is 2.41. The van der Waals surface area contributed by atoms with E-state index in [4.69, 9.17) is 16.3 Å². The fourth-order valence-corrected chi connectivity index (χ4v) is 2.57. The third-order valence-corrected chi connectivity index (χ3v) is 3.84. The summed E-state index contributed by atoms with van der Waals surface area (Å²) in [5.74, 6) is 0.109. The Labute approximate surface area is 150 Å². The van der Waals surface area contributed by atoms with Crippen molar-refractivity contribution in [1.29, 1.82) is 0 Å². The Morgan fingerprint density at radius 1 is 1.24 bits per heavy atom. The number of esters is 1. The minimum absolute atomic E-state index is 0.0231. The number of pyridine rings is 1. The van der Waals surface area contributed by atoms with Gasteiger partial charge in [0, 0.05) is 6.20 Å². The summed E-state index contributed by atoms with van der Waals surface area (Å²) in [5.41, 5.74) is 2.90. The maximum Gasteiger partial charge on any atom is 0.312 e. The molecule has 0 aliphatic rings. The topological polar surface area (TPSA) is 68.3 Å². The van der Waals surface area contributed by atoms with Gasteiger partial charge in [-0.3, -0.25) is 9.20 Å². The highest BCUT2D eigenvalue weighted by molar-refractivity contribution is 6.30. The molecule has 2 heterocycles. The second-order valence-electron chi connectivity index (χ2n) is 5.43. The molecule has 0 saturated heterocycles. The minimum atomic E-state index is -0.357. The summed E-state index contributed by atoms with van der Waals surface area (Å²) >= 11 is 6.09. The van der Waals surface area contributed by atoms with Crippen molar-refractivity contribution >= 4 is 34.7 Å². The van der Waals surface area contributed by atoms with Crippen molar-refractivity contribution in [2.45, 2.75) is 20.3 Å². The number of carbonyl (C=O) groups excluding carboxylic acids is 1. The van der Waals surface area contributed by atoms with E-state index in [1.165, 1.54) is 0 Å². The third kappa shape index (κ3) is 3.85. The van der Waals surface area contributed by atoms with Gasteiger partial charge in [-0.25, -0.2) is 4.98 Å². The van der Waals surface area contributed by atoms with Crippen LogP contribution in [0.15, 0.2) is 52.8 Å². The Bertz CT molecular complexity index is 949. The zero-order valence-corrected chi connectivity index (χ0v) is 14.7. The summed E-state index contributed by atoms with van der Waals surface area (Å²) in [6, 6.07) is 11.2. The molecule has 0 spiro atoms. The number of hydrogen-bond acceptors (Lipinski definition) is 5. The molecule has 0 atom stereocenters. The lowest BCUT2D eigenvalue weighted by molar-refractivity contribution is -0.142. The first-order valence-corrected chi connectivity index (χ1v) is 8.25. The largest absolute Gasteiger partial charge is 0.466 e. The van der Waals surface area contributed by atoms with Crippen molar-refractivity contribution in [2.24, 2.45) is 10.2 Å². The molecule has 25 heavy (non-hydrogen) atoms. The number of carbonyl (C=O) groups is 1. The Kier molecular flexibility index (Phi) is 5.09. The summed E-state index contributed by atoms with van der Waals surface area (Å²) in [7, 11) is 0. The van der Waals surface area contributed by atoms with E-state index in [-0.39, 0.29) is 12.4 Å². The smallest absolute Gasteiger partial charge is 0.312 e. The highest BCUT2D eigenvalue weighted by atomic mass is 35.5. The van der Waals surface area contributed by atoms with Gasteiger partial charge in [-0.2, -0.15) is 0 Å². The molecule has 1 aromatic carbocycles. The van der Waals surface area contributed by atoms with Crippen LogP contribution < -0.4 is 0 Å². The SMILES string of the molecule is CCOC(=O)Cc1nc2ccc(Cl)cn2c1N=Nc1ccccc1C. The number of aromatic nitrogens is 2. The third-order valence-electron chi connectivity index (χ3n) is 3.61. The number of ether oxygens (including phenoxy) is 1. The minimum Gasteiger partial charge on any atom is -0.466 e. The zero-order valence-electron chi connectivity index (χ0n) is 13.9. The average molecular weight is 357 g/mol. The van der Waals surface area contributed by atoms with Crippen molar-refractivity contribution < 1.29 is 9.53 Å². The highest BCUT2D eigenvalue weighted by Gasteiger charge is 2.16. The van der Waals surface area contributed by atoms with E-state index in [0.29, 0.717) is 28.8 Å². The van der Waals surface area contributed by atoms with Gasteiger partial charge in [-0.05, 0) is 37.6 Å². The van der Waals surface area contributed by atoms with E-state index in [0.717, 1.165) is 11.3 Å². The number of halogens is 1. The van der Waals surface area contributed by atoms with Gasteiger partial charge in [-0.15, -0.1) is 10.2 Å². The molecule has 0 N–H and O–H groups in total. The van der Waals surface area contributed by atoms with E-state index in [1.54, 1.807) is 29.7 Å². The molecule has 128 valence electrons. The lowest BCUT2D eigenvalue weighted by atomic mass is 10.2. The number of benzene rings is 1. The standard InChI is InChI=1S/C18H17ClN4O2/c1-3-25-17(24)10-15-18(22-21-14-7-5-4-6-12(14)2)23-11-13(19)8-9-16(23)20-15/h4-9,11H,3,10H2,1-2H3. The normalized spacial score (nSPS) is 11.3. The highest BCUT2D eigenvalue weighted by Crippen LogP contribution is 2.27. The van der Waals surface area contributed by atoms with Crippen LogP contribution >= 0.6 is 11.6 Å². The molecule has 0 radical (unpaired) electrons. The molecular weight excluding hydrogens is 340 g/mol. The van der Waals surface area contributed by atoms with Gasteiger partial charge in [0.1, 0.15) is 5.65 Å². The summed E-state index contributed by atoms with van der Waals surface area (Å²) in [5, 5.41) is 9.19. The van der Waals surface area contributed by atoms with E-state index >= 15 is 0 Å². The molecule has 0 bridgehead atoms. The lowest BCUT2D eigenvalue weighted by Crippen LogP contribution is -2.07. The number of aryl methyl sites for hydroxylation is 1. The van der Waals surface area contributed by atoms with Crippen molar-refractivity contribution in [3.05, 3.63) is 58.9 Å². The van der Waals surface area contributed by atoms with E-state index in [9.17, 15) is 4.79 Å². The maximum atomic E-state index is 11.9. The monoisotopic (exact) mass is 356 g/mol. The summed E-state index contributed by atoms with van der Waals surface area (Å²) in [6.07, 6.45) is 1.72. The molecule has 7 heteroatoms. The van der Waals surface area contributed by atoms with Crippen LogP contribution in [0.4, 0.5) is 11.5 Å². The molecule has 0 unspecified atom stereocenters. The molecular formula is C18H17ClN4O2.